The number of piperidine rings is 1. The summed E-state index contributed by atoms with van der Waals surface area (Å²) >= 11 is 0. The summed E-state index contributed by atoms with van der Waals surface area (Å²) < 4.78 is 13.4. The Morgan fingerprint density at radius 1 is 1.17 bits per heavy atom. The molecular weight excluding hydrogens is 302 g/mol. The molecule has 1 aromatic carbocycles. The van der Waals surface area contributed by atoms with Crippen LogP contribution in [-0.2, 0) is 29.2 Å². The summed E-state index contributed by atoms with van der Waals surface area (Å²) in [5.74, 6) is 0. The van der Waals surface area contributed by atoms with Gasteiger partial charge in [0.05, 0.1) is 31.3 Å². The van der Waals surface area contributed by atoms with Gasteiger partial charge in [-0.25, -0.2) is 4.98 Å². The fourth-order valence-electron chi connectivity index (χ4n) is 3.12. The van der Waals surface area contributed by atoms with Gasteiger partial charge in [0.25, 0.3) is 0 Å². The molecule has 0 radical (unpaired) electrons. The van der Waals surface area contributed by atoms with E-state index in [1.165, 1.54) is 11.3 Å². The molecule has 0 atom stereocenters. The minimum Gasteiger partial charge on any atom is -0.383 e. The molecular formula is C19H27N3O2. The van der Waals surface area contributed by atoms with Crippen LogP contribution in [0.3, 0.4) is 0 Å². The standard InChI is InChI=1S/C19H27N3O2/c1-23-12-11-22-16-20-13-18(22)14-21-9-7-19(8-10-21)24-15-17-5-3-2-4-6-17/h2-6,13,16,19H,7-12,14-15H2,1H3. The second kappa shape index (κ2) is 8.97. The van der Waals surface area contributed by atoms with Gasteiger partial charge in [0.1, 0.15) is 0 Å². The Balaban J connectivity index is 1.41. The van der Waals surface area contributed by atoms with Crippen LogP contribution >= 0.6 is 0 Å². The number of nitrogens with zero attached hydrogens (tertiary/aromatic N) is 3. The number of ether oxygens (including phenoxy) is 2. The van der Waals surface area contributed by atoms with E-state index in [-0.39, 0.29) is 0 Å². The van der Waals surface area contributed by atoms with Gasteiger partial charge in [-0.2, -0.15) is 0 Å². The number of imidazole rings is 1. The van der Waals surface area contributed by atoms with Crippen LogP contribution in [0.25, 0.3) is 0 Å². The van der Waals surface area contributed by atoms with Crippen LogP contribution in [0.15, 0.2) is 42.9 Å². The van der Waals surface area contributed by atoms with E-state index in [9.17, 15) is 0 Å². The summed E-state index contributed by atoms with van der Waals surface area (Å²) in [5.41, 5.74) is 2.51. The smallest absolute Gasteiger partial charge is 0.0949 e. The largest absolute Gasteiger partial charge is 0.383 e. The Morgan fingerprint density at radius 2 is 1.96 bits per heavy atom. The third kappa shape index (κ3) is 4.90. The third-order valence-corrected chi connectivity index (χ3v) is 4.58. The first-order chi connectivity index (χ1) is 11.8. The molecule has 24 heavy (non-hydrogen) atoms. The van der Waals surface area contributed by atoms with Gasteiger partial charge >= 0.3 is 0 Å². The van der Waals surface area contributed by atoms with Gasteiger partial charge in [0.2, 0.25) is 0 Å². The SMILES string of the molecule is COCCn1cncc1CN1CCC(OCc2ccccc2)CC1. The molecule has 1 aliphatic rings. The Bertz CT molecular complexity index is 592. The zero-order chi connectivity index (χ0) is 16.6. The molecule has 0 bridgehead atoms. The number of hydrogen-bond donors (Lipinski definition) is 0. The Kier molecular flexibility index (Phi) is 6.41. The van der Waals surface area contributed by atoms with Crippen LogP contribution in [-0.4, -0.2) is 47.4 Å². The molecule has 130 valence electrons. The van der Waals surface area contributed by atoms with Crippen LogP contribution in [0.2, 0.25) is 0 Å². The van der Waals surface area contributed by atoms with Gasteiger partial charge in [-0.3, -0.25) is 4.90 Å². The summed E-state index contributed by atoms with van der Waals surface area (Å²) in [7, 11) is 1.73. The second-order valence-corrected chi connectivity index (χ2v) is 6.34. The lowest BCUT2D eigenvalue weighted by molar-refractivity contribution is -0.00435. The van der Waals surface area contributed by atoms with Crippen molar-refractivity contribution in [2.75, 3.05) is 26.8 Å². The summed E-state index contributed by atoms with van der Waals surface area (Å²) in [6.07, 6.45) is 6.43. The fraction of sp³-hybridized carbons (Fsp3) is 0.526. The highest BCUT2D eigenvalue weighted by Crippen LogP contribution is 2.17. The highest BCUT2D eigenvalue weighted by molar-refractivity contribution is 5.13. The first-order valence-electron chi connectivity index (χ1n) is 8.71. The molecule has 0 unspecified atom stereocenters. The predicted molar refractivity (Wildman–Crippen MR) is 93.6 cm³/mol. The number of methoxy groups -OCH3 is 1. The van der Waals surface area contributed by atoms with Crippen molar-refractivity contribution in [3.05, 3.63) is 54.1 Å². The molecule has 0 aliphatic carbocycles. The summed E-state index contributed by atoms with van der Waals surface area (Å²) in [5, 5.41) is 0. The number of rotatable bonds is 8. The van der Waals surface area contributed by atoms with E-state index in [1.807, 2.05) is 18.6 Å². The molecule has 5 nitrogen and oxygen atoms in total. The quantitative estimate of drug-likeness (QED) is 0.746. The molecule has 1 fully saturated rings. The molecule has 0 spiro atoms. The van der Waals surface area contributed by atoms with Gasteiger partial charge in [0.15, 0.2) is 0 Å². The van der Waals surface area contributed by atoms with Crippen LogP contribution in [0.1, 0.15) is 24.1 Å². The maximum Gasteiger partial charge on any atom is 0.0949 e. The molecule has 0 N–H and O–H groups in total. The molecule has 0 saturated carbocycles. The minimum atomic E-state index is 0.375. The number of likely N-dealkylation sites (tertiary alicyclic amines) is 1. The fourth-order valence-corrected chi connectivity index (χ4v) is 3.12. The van der Waals surface area contributed by atoms with Crippen molar-refractivity contribution in [1.82, 2.24) is 14.5 Å². The van der Waals surface area contributed by atoms with E-state index in [4.69, 9.17) is 9.47 Å². The monoisotopic (exact) mass is 329 g/mol. The van der Waals surface area contributed by atoms with Crippen molar-refractivity contribution in [3.8, 4) is 0 Å². The highest BCUT2D eigenvalue weighted by atomic mass is 16.5. The number of hydrogen-bond acceptors (Lipinski definition) is 4. The molecule has 2 heterocycles. The number of benzene rings is 1. The molecule has 0 amide bonds. The Hall–Kier alpha value is -1.69. The maximum atomic E-state index is 6.07. The van der Waals surface area contributed by atoms with Gasteiger partial charge in [-0.15, -0.1) is 0 Å². The van der Waals surface area contributed by atoms with Crippen molar-refractivity contribution < 1.29 is 9.47 Å². The lowest BCUT2D eigenvalue weighted by atomic mass is 10.1. The lowest BCUT2D eigenvalue weighted by Crippen LogP contribution is -2.37. The van der Waals surface area contributed by atoms with E-state index in [0.29, 0.717) is 6.10 Å². The Morgan fingerprint density at radius 3 is 2.71 bits per heavy atom. The molecule has 5 heteroatoms. The lowest BCUT2D eigenvalue weighted by Gasteiger charge is -2.32. The van der Waals surface area contributed by atoms with Gasteiger partial charge in [-0.1, -0.05) is 30.3 Å². The van der Waals surface area contributed by atoms with Crippen molar-refractivity contribution >= 4 is 0 Å². The van der Waals surface area contributed by atoms with Crippen LogP contribution in [0, 0.1) is 0 Å². The topological polar surface area (TPSA) is 39.5 Å². The first kappa shape index (κ1) is 17.1. The van der Waals surface area contributed by atoms with Crippen LogP contribution < -0.4 is 0 Å². The molecule has 1 aromatic heterocycles. The summed E-state index contributed by atoms with van der Waals surface area (Å²) in [6.45, 7) is 5.41. The zero-order valence-corrected chi connectivity index (χ0v) is 14.4. The molecule has 1 aliphatic heterocycles. The minimum absolute atomic E-state index is 0.375. The maximum absolute atomic E-state index is 6.07. The van der Waals surface area contributed by atoms with Crippen molar-refractivity contribution in [3.63, 3.8) is 0 Å². The van der Waals surface area contributed by atoms with E-state index in [1.54, 1.807) is 7.11 Å². The van der Waals surface area contributed by atoms with Gasteiger partial charge < -0.3 is 14.0 Å². The van der Waals surface area contributed by atoms with Crippen LogP contribution in [0.5, 0.6) is 0 Å². The highest BCUT2D eigenvalue weighted by Gasteiger charge is 2.20. The Labute approximate surface area is 144 Å². The molecule has 2 aromatic rings. The van der Waals surface area contributed by atoms with Crippen molar-refractivity contribution in [2.45, 2.75) is 38.6 Å². The van der Waals surface area contributed by atoms with E-state index >= 15 is 0 Å². The van der Waals surface area contributed by atoms with E-state index < -0.39 is 0 Å². The average Bonchev–Trinajstić information content (AvgIpc) is 3.07. The number of aromatic nitrogens is 2. The van der Waals surface area contributed by atoms with Crippen molar-refractivity contribution in [2.24, 2.45) is 0 Å². The molecule has 3 rings (SSSR count). The van der Waals surface area contributed by atoms with E-state index in [2.05, 4.69) is 38.7 Å². The normalized spacial score (nSPS) is 16.5. The zero-order valence-electron chi connectivity index (χ0n) is 14.4. The average molecular weight is 329 g/mol. The van der Waals surface area contributed by atoms with Crippen LogP contribution in [0.4, 0.5) is 0 Å². The van der Waals surface area contributed by atoms with Gasteiger partial charge in [0, 0.05) is 39.5 Å². The second-order valence-electron chi connectivity index (χ2n) is 6.34. The van der Waals surface area contributed by atoms with E-state index in [0.717, 1.165) is 52.2 Å². The molecule has 1 saturated heterocycles. The third-order valence-electron chi connectivity index (χ3n) is 4.58. The summed E-state index contributed by atoms with van der Waals surface area (Å²) in [4.78, 5) is 6.76. The van der Waals surface area contributed by atoms with Crippen molar-refractivity contribution in [1.29, 1.82) is 0 Å². The summed E-state index contributed by atoms with van der Waals surface area (Å²) in [6, 6.07) is 10.4. The first-order valence-corrected chi connectivity index (χ1v) is 8.71. The predicted octanol–water partition coefficient (Wildman–Crippen LogP) is 2.71. The van der Waals surface area contributed by atoms with Gasteiger partial charge in [-0.05, 0) is 18.4 Å².